The second kappa shape index (κ2) is 8.17. The second-order valence-electron chi connectivity index (χ2n) is 5.56. The SMILES string of the molecule is O=C(COC(=O)c1csc(-c2ccc(F)cc2)n1)NC[C@H]1CCCO1. The summed E-state index contributed by atoms with van der Waals surface area (Å²) < 4.78 is 23.3. The Hall–Kier alpha value is -2.32. The van der Waals surface area contributed by atoms with Gasteiger partial charge in [-0.15, -0.1) is 11.3 Å². The number of hydrogen-bond acceptors (Lipinski definition) is 6. The molecule has 0 bridgehead atoms. The van der Waals surface area contributed by atoms with Crippen LogP contribution in [0.5, 0.6) is 0 Å². The molecule has 132 valence electrons. The molecule has 2 aromatic rings. The summed E-state index contributed by atoms with van der Waals surface area (Å²) >= 11 is 1.25. The van der Waals surface area contributed by atoms with E-state index in [9.17, 15) is 14.0 Å². The number of benzene rings is 1. The van der Waals surface area contributed by atoms with Gasteiger partial charge in [0.1, 0.15) is 10.8 Å². The molecule has 0 spiro atoms. The van der Waals surface area contributed by atoms with E-state index in [1.807, 2.05) is 0 Å². The predicted octanol–water partition coefficient (Wildman–Crippen LogP) is 2.40. The summed E-state index contributed by atoms with van der Waals surface area (Å²) in [5.74, 6) is -1.39. The van der Waals surface area contributed by atoms with E-state index in [2.05, 4.69) is 10.3 Å². The van der Waals surface area contributed by atoms with Gasteiger partial charge in [-0.25, -0.2) is 14.2 Å². The molecule has 1 atom stereocenters. The molecule has 6 nitrogen and oxygen atoms in total. The maximum absolute atomic E-state index is 12.9. The van der Waals surface area contributed by atoms with Crippen molar-refractivity contribution in [1.29, 1.82) is 0 Å². The minimum atomic E-state index is -0.670. The maximum atomic E-state index is 12.9. The number of halogens is 1. The molecular weight excluding hydrogens is 347 g/mol. The summed E-state index contributed by atoms with van der Waals surface area (Å²) in [5.41, 5.74) is 0.830. The Morgan fingerprint density at radius 1 is 1.36 bits per heavy atom. The number of thiazole rings is 1. The van der Waals surface area contributed by atoms with Gasteiger partial charge >= 0.3 is 5.97 Å². The minimum absolute atomic E-state index is 0.0384. The first-order valence-electron chi connectivity index (χ1n) is 7.89. The molecule has 2 heterocycles. The van der Waals surface area contributed by atoms with Crippen molar-refractivity contribution < 1.29 is 23.5 Å². The summed E-state index contributed by atoms with van der Waals surface area (Å²) in [4.78, 5) is 27.8. The van der Waals surface area contributed by atoms with Crippen LogP contribution < -0.4 is 5.32 Å². The largest absolute Gasteiger partial charge is 0.451 e. The quantitative estimate of drug-likeness (QED) is 0.797. The van der Waals surface area contributed by atoms with Gasteiger partial charge in [-0.3, -0.25) is 4.79 Å². The maximum Gasteiger partial charge on any atom is 0.358 e. The Labute approximate surface area is 148 Å². The number of esters is 1. The van der Waals surface area contributed by atoms with Crippen LogP contribution in [-0.2, 0) is 14.3 Å². The molecule has 1 aromatic heterocycles. The summed E-state index contributed by atoms with van der Waals surface area (Å²) in [6.45, 7) is 0.770. The van der Waals surface area contributed by atoms with E-state index in [0.29, 0.717) is 17.1 Å². The van der Waals surface area contributed by atoms with Crippen molar-refractivity contribution in [2.45, 2.75) is 18.9 Å². The number of amides is 1. The van der Waals surface area contributed by atoms with Crippen molar-refractivity contribution in [2.75, 3.05) is 19.8 Å². The Kier molecular flexibility index (Phi) is 5.72. The first-order chi connectivity index (χ1) is 12.1. The monoisotopic (exact) mass is 364 g/mol. The summed E-state index contributed by atoms with van der Waals surface area (Å²) in [6, 6.07) is 5.82. The van der Waals surface area contributed by atoms with Crippen molar-refractivity contribution in [2.24, 2.45) is 0 Å². The van der Waals surface area contributed by atoms with Gasteiger partial charge in [-0.05, 0) is 37.1 Å². The average molecular weight is 364 g/mol. The molecule has 1 aliphatic heterocycles. The van der Waals surface area contributed by atoms with Crippen LogP contribution >= 0.6 is 11.3 Å². The van der Waals surface area contributed by atoms with Gasteiger partial charge < -0.3 is 14.8 Å². The fraction of sp³-hybridized carbons (Fsp3) is 0.353. The number of carbonyl (C=O) groups excluding carboxylic acids is 2. The van der Waals surface area contributed by atoms with Crippen LogP contribution in [0.4, 0.5) is 4.39 Å². The van der Waals surface area contributed by atoms with E-state index in [1.54, 1.807) is 17.5 Å². The normalized spacial score (nSPS) is 16.6. The molecule has 1 fully saturated rings. The van der Waals surface area contributed by atoms with E-state index < -0.39 is 5.97 Å². The molecule has 0 unspecified atom stereocenters. The van der Waals surface area contributed by atoms with E-state index in [0.717, 1.165) is 19.4 Å². The number of nitrogens with one attached hydrogen (secondary N) is 1. The Morgan fingerprint density at radius 2 is 2.16 bits per heavy atom. The van der Waals surface area contributed by atoms with Crippen LogP contribution in [0.3, 0.4) is 0 Å². The highest BCUT2D eigenvalue weighted by atomic mass is 32.1. The molecule has 1 N–H and O–H groups in total. The van der Waals surface area contributed by atoms with Gasteiger partial charge in [0.2, 0.25) is 0 Å². The molecular formula is C17H17FN2O4S. The topological polar surface area (TPSA) is 77.5 Å². The first kappa shape index (κ1) is 17.5. The summed E-state index contributed by atoms with van der Waals surface area (Å²) in [7, 11) is 0. The van der Waals surface area contributed by atoms with E-state index in [-0.39, 0.29) is 30.1 Å². The van der Waals surface area contributed by atoms with Crippen molar-refractivity contribution in [3.8, 4) is 10.6 Å². The summed E-state index contributed by atoms with van der Waals surface area (Å²) in [6.07, 6.45) is 1.96. The number of rotatable bonds is 6. The third-order valence-electron chi connectivity index (χ3n) is 3.69. The lowest BCUT2D eigenvalue weighted by atomic mass is 10.2. The van der Waals surface area contributed by atoms with E-state index in [4.69, 9.17) is 9.47 Å². The molecule has 1 saturated heterocycles. The van der Waals surface area contributed by atoms with Gasteiger partial charge in [0.25, 0.3) is 5.91 Å². The summed E-state index contributed by atoms with van der Waals surface area (Å²) in [5, 5.41) is 4.80. The first-order valence-corrected chi connectivity index (χ1v) is 8.76. The Balaban J connectivity index is 1.48. The van der Waals surface area contributed by atoms with Gasteiger partial charge in [0.15, 0.2) is 12.3 Å². The molecule has 0 radical (unpaired) electrons. The zero-order valence-electron chi connectivity index (χ0n) is 13.4. The predicted molar refractivity (Wildman–Crippen MR) is 89.8 cm³/mol. The van der Waals surface area contributed by atoms with E-state index in [1.165, 1.54) is 23.5 Å². The number of nitrogens with zero attached hydrogens (tertiary/aromatic N) is 1. The number of hydrogen-bond donors (Lipinski definition) is 1. The number of aromatic nitrogens is 1. The fourth-order valence-corrected chi connectivity index (χ4v) is 3.18. The third-order valence-corrected chi connectivity index (χ3v) is 4.58. The third kappa shape index (κ3) is 4.83. The van der Waals surface area contributed by atoms with Crippen LogP contribution in [0, 0.1) is 5.82 Å². The van der Waals surface area contributed by atoms with Gasteiger partial charge in [0.05, 0.1) is 6.10 Å². The fourth-order valence-electron chi connectivity index (χ4n) is 2.38. The zero-order chi connectivity index (χ0) is 17.6. The van der Waals surface area contributed by atoms with Gasteiger partial charge in [-0.2, -0.15) is 0 Å². The molecule has 1 aromatic carbocycles. The van der Waals surface area contributed by atoms with Crippen LogP contribution in [0.25, 0.3) is 10.6 Å². The number of carbonyl (C=O) groups is 2. The number of ether oxygens (including phenoxy) is 2. The lowest BCUT2D eigenvalue weighted by Crippen LogP contribution is -2.34. The van der Waals surface area contributed by atoms with Gasteiger partial charge in [-0.1, -0.05) is 0 Å². The van der Waals surface area contributed by atoms with Crippen LogP contribution in [-0.4, -0.2) is 42.7 Å². The van der Waals surface area contributed by atoms with Crippen molar-refractivity contribution in [1.82, 2.24) is 10.3 Å². The molecule has 1 aliphatic rings. The molecule has 0 saturated carbocycles. The lowest BCUT2D eigenvalue weighted by molar-refractivity contribution is -0.124. The molecule has 0 aliphatic carbocycles. The minimum Gasteiger partial charge on any atom is -0.451 e. The lowest BCUT2D eigenvalue weighted by Gasteiger charge is -2.10. The highest BCUT2D eigenvalue weighted by Gasteiger charge is 2.18. The molecule has 3 rings (SSSR count). The van der Waals surface area contributed by atoms with E-state index >= 15 is 0 Å². The Bertz CT molecular complexity index is 741. The van der Waals surface area contributed by atoms with Crippen LogP contribution in [0.2, 0.25) is 0 Å². The smallest absolute Gasteiger partial charge is 0.358 e. The van der Waals surface area contributed by atoms with Crippen LogP contribution in [0.15, 0.2) is 29.6 Å². The second-order valence-corrected chi connectivity index (χ2v) is 6.42. The average Bonchev–Trinajstić information content (AvgIpc) is 3.30. The standard InChI is InChI=1S/C17H17FN2O4S/c18-12-5-3-11(4-6-12)16-20-14(10-25-16)17(22)24-9-15(21)19-8-13-2-1-7-23-13/h3-6,10,13H,1-2,7-9H2,(H,19,21)/t13-/m1/s1. The highest BCUT2D eigenvalue weighted by Crippen LogP contribution is 2.24. The van der Waals surface area contributed by atoms with Crippen LogP contribution in [0.1, 0.15) is 23.3 Å². The van der Waals surface area contributed by atoms with Crippen molar-refractivity contribution >= 4 is 23.2 Å². The Morgan fingerprint density at radius 3 is 2.88 bits per heavy atom. The molecule has 1 amide bonds. The van der Waals surface area contributed by atoms with Crippen molar-refractivity contribution in [3.05, 3.63) is 41.2 Å². The van der Waals surface area contributed by atoms with Crippen molar-refractivity contribution in [3.63, 3.8) is 0 Å². The zero-order valence-corrected chi connectivity index (χ0v) is 14.2. The molecule has 8 heteroatoms. The highest BCUT2D eigenvalue weighted by molar-refractivity contribution is 7.13. The van der Waals surface area contributed by atoms with Gasteiger partial charge in [0, 0.05) is 24.1 Å². The molecule has 25 heavy (non-hydrogen) atoms.